The van der Waals surface area contributed by atoms with Crippen LogP contribution in [-0.2, 0) is 43.2 Å². The number of rotatable bonds is 8. The topological polar surface area (TPSA) is 18.5 Å². The van der Waals surface area contributed by atoms with Crippen molar-refractivity contribution >= 4 is 63.8 Å². The summed E-state index contributed by atoms with van der Waals surface area (Å²) in [7, 11) is 0. The molecule has 0 saturated carbocycles. The minimum absolute atomic E-state index is 0. The van der Waals surface area contributed by atoms with Gasteiger partial charge < -0.3 is 9.05 Å². The third-order valence-corrected chi connectivity index (χ3v) is 9.69. The molecular formula is C11H15Cl2O2PS3Ta. The molecule has 1 rings (SSSR count). The summed E-state index contributed by atoms with van der Waals surface area (Å²) in [6.07, 6.45) is 0. The molecule has 0 aliphatic rings. The van der Waals surface area contributed by atoms with Crippen molar-refractivity contribution in [1.29, 1.82) is 0 Å². The van der Waals surface area contributed by atoms with Crippen LogP contribution in [0, 0.1) is 0 Å². The first-order valence-corrected chi connectivity index (χ1v) is 11.6. The van der Waals surface area contributed by atoms with Crippen molar-refractivity contribution < 1.29 is 31.4 Å². The van der Waals surface area contributed by atoms with Gasteiger partial charge in [0.05, 0.1) is 23.3 Å². The van der Waals surface area contributed by atoms with Gasteiger partial charge in [0.2, 0.25) is 5.69 Å². The maximum Gasteiger partial charge on any atom is 0.248 e. The van der Waals surface area contributed by atoms with E-state index in [1.54, 1.807) is 23.9 Å². The zero-order chi connectivity index (χ0) is 14.3. The van der Waals surface area contributed by atoms with Gasteiger partial charge in [0.25, 0.3) is 0 Å². The molecule has 0 N–H and O–H groups in total. The second-order valence-electron chi connectivity index (χ2n) is 3.25. The predicted molar refractivity (Wildman–Crippen MR) is 92.3 cm³/mol. The first-order valence-electron chi connectivity index (χ1n) is 5.62. The maximum atomic E-state index is 6.10. The summed E-state index contributed by atoms with van der Waals surface area (Å²) in [5.41, 5.74) is -2.23. The van der Waals surface area contributed by atoms with Crippen molar-refractivity contribution in [1.82, 2.24) is 0 Å². The van der Waals surface area contributed by atoms with E-state index in [0.29, 0.717) is 23.3 Å². The van der Waals surface area contributed by atoms with E-state index >= 15 is 0 Å². The third-order valence-electron chi connectivity index (χ3n) is 1.89. The summed E-state index contributed by atoms with van der Waals surface area (Å²) in [5.74, 6) is 0. The van der Waals surface area contributed by atoms with Crippen molar-refractivity contribution in [3.8, 4) is 0 Å². The van der Waals surface area contributed by atoms with Crippen LogP contribution in [0.25, 0.3) is 0 Å². The first-order chi connectivity index (χ1) is 9.00. The molecule has 0 aliphatic carbocycles. The summed E-state index contributed by atoms with van der Waals surface area (Å²) < 4.78 is 11.1. The molecule has 0 bridgehead atoms. The maximum absolute atomic E-state index is 6.10. The Morgan fingerprint density at radius 1 is 1.20 bits per heavy atom. The van der Waals surface area contributed by atoms with Crippen molar-refractivity contribution in [3.05, 3.63) is 28.2 Å². The molecule has 0 spiro atoms. The Morgan fingerprint density at radius 3 is 2.35 bits per heavy atom. The molecule has 1 radical (unpaired) electrons. The Balaban J connectivity index is 0.00000361. The number of hydrogen-bond acceptors (Lipinski definition) is 5. The average Bonchev–Trinajstić information content (AvgIpc) is 2.34. The predicted octanol–water partition coefficient (Wildman–Crippen LogP) is 6.07. The van der Waals surface area contributed by atoms with E-state index in [1.165, 1.54) is 11.4 Å². The van der Waals surface area contributed by atoms with Gasteiger partial charge in [-0.3, -0.25) is 0 Å². The first kappa shape index (κ1) is 21.8. The van der Waals surface area contributed by atoms with Crippen LogP contribution in [0.5, 0.6) is 0 Å². The summed E-state index contributed by atoms with van der Waals surface area (Å²) >= 11 is 20.6. The molecule has 0 atom stereocenters. The molecule has 20 heavy (non-hydrogen) atoms. The Kier molecular flexibility index (Phi) is 12.4. The molecule has 9 heteroatoms. The van der Waals surface area contributed by atoms with Gasteiger partial charge in [-0.15, -0.1) is 11.8 Å². The van der Waals surface area contributed by atoms with Crippen molar-refractivity contribution in [2.75, 3.05) is 18.3 Å². The minimum Gasteiger partial charge on any atom is -0.322 e. The largest absolute Gasteiger partial charge is 0.322 e. The summed E-state index contributed by atoms with van der Waals surface area (Å²) in [6, 6.07) is 5.41. The van der Waals surface area contributed by atoms with Crippen molar-refractivity contribution in [3.63, 3.8) is 0 Å². The molecule has 2 nitrogen and oxygen atoms in total. The standard InChI is InChI=1S/C11H15Cl2O2PS3.Ta/c1-3-14-16(17,15-4-2)19-8-18-11-7-9(12)5-6-10(11)13;/h5-7H,3-4,8H2,1-2H3;. The minimum atomic E-state index is -2.23. The van der Waals surface area contributed by atoms with Gasteiger partial charge in [-0.25, -0.2) is 0 Å². The Morgan fingerprint density at radius 2 is 1.80 bits per heavy atom. The fourth-order valence-electron chi connectivity index (χ4n) is 1.17. The zero-order valence-corrected chi connectivity index (χ0v) is 19.1. The Labute approximate surface area is 159 Å². The third kappa shape index (κ3) is 7.89. The van der Waals surface area contributed by atoms with E-state index in [2.05, 4.69) is 0 Å². The van der Waals surface area contributed by atoms with E-state index < -0.39 is 5.69 Å². The van der Waals surface area contributed by atoms with Gasteiger partial charge in [-0.1, -0.05) is 34.6 Å². The molecule has 1 aromatic rings. The molecule has 0 fully saturated rings. The Bertz CT molecular complexity index is 455. The van der Waals surface area contributed by atoms with Gasteiger partial charge in [-0.05, 0) is 43.9 Å². The number of thioether (sulfide) groups is 1. The number of benzene rings is 1. The van der Waals surface area contributed by atoms with Gasteiger partial charge in [0, 0.05) is 32.3 Å². The fourth-order valence-corrected chi connectivity index (χ4v) is 8.71. The summed E-state index contributed by atoms with van der Waals surface area (Å²) in [6.45, 7) is 4.96. The number of hydrogen-bond donors (Lipinski definition) is 0. The van der Waals surface area contributed by atoms with Crippen LogP contribution >= 0.6 is 52.0 Å². The molecule has 0 aromatic heterocycles. The van der Waals surface area contributed by atoms with E-state index in [1.807, 2.05) is 19.9 Å². The molecule has 0 aliphatic heterocycles. The van der Waals surface area contributed by atoms with E-state index in [0.717, 1.165) is 9.98 Å². The molecule has 0 saturated heterocycles. The van der Waals surface area contributed by atoms with Crippen LogP contribution in [0.1, 0.15) is 13.8 Å². The van der Waals surface area contributed by atoms with Gasteiger partial charge >= 0.3 is 0 Å². The second kappa shape index (κ2) is 11.4. The molecule has 0 unspecified atom stereocenters. The normalized spacial score (nSPS) is 11.2. The van der Waals surface area contributed by atoms with Crippen LogP contribution in [-0.4, -0.2) is 18.3 Å². The zero-order valence-electron chi connectivity index (χ0n) is 11.0. The van der Waals surface area contributed by atoms with Crippen LogP contribution in [0.2, 0.25) is 10.0 Å². The quantitative estimate of drug-likeness (QED) is 0.219. The van der Waals surface area contributed by atoms with Crippen LogP contribution in [0.4, 0.5) is 0 Å². The fraction of sp³-hybridized carbons (Fsp3) is 0.455. The van der Waals surface area contributed by atoms with Crippen molar-refractivity contribution in [2.45, 2.75) is 18.7 Å². The van der Waals surface area contributed by atoms with E-state index in [9.17, 15) is 0 Å². The van der Waals surface area contributed by atoms with Gasteiger partial charge in [0.15, 0.2) is 0 Å². The molecule has 1 aromatic carbocycles. The SMILES string of the molecule is CCOP(=S)(OCC)SCSc1cc(Cl)ccc1Cl.[Ta]. The Hall–Kier alpha value is 1.81. The van der Waals surface area contributed by atoms with E-state index in [4.69, 9.17) is 44.1 Å². The number of halogens is 2. The van der Waals surface area contributed by atoms with Crippen LogP contribution < -0.4 is 0 Å². The smallest absolute Gasteiger partial charge is 0.248 e. The molecular weight excluding hydrogens is 543 g/mol. The second-order valence-corrected chi connectivity index (χ2v) is 11.8. The molecule has 113 valence electrons. The summed E-state index contributed by atoms with van der Waals surface area (Å²) in [5, 5.41) is 2.08. The van der Waals surface area contributed by atoms with Crippen LogP contribution in [0.15, 0.2) is 23.1 Å². The molecule has 0 heterocycles. The average molecular weight is 558 g/mol. The van der Waals surface area contributed by atoms with Gasteiger partial charge in [0.1, 0.15) is 0 Å². The van der Waals surface area contributed by atoms with E-state index in [-0.39, 0.29) is 22.4 Å². The summed E-state index contributed by atoms with van der Waals surface area (Å²) in [4.78, 5) is 0.941. The van der Waals surface area contributed by atoms with Crippen molar-refractivity contribution in [2.24, 2.45) is 0 Å². The molecule has 0 amide bonds. The van der Waals surface area contributed by atoms with Crippen LogP contribution in [0.3, 0.4) is 0 Å². The monoisotopic (exact) mass is 557 g/mol. The van der Waals surface area contributed by atoms with Gasteiger partial charge in [-0.2, -0.15) is 0 Å².